The average molecular weight is 284 g/mol. The molecule has 108 valence electrons. The zero-order valence-electron chi connectivity index (χ0n) is 9.29. The summed E-state index contributed by atoms with van der Waals surface area (Å²) in [6.45, 7) is -2.41. The van der Waals surface area contributed by atoms with E-state index in [1.54, 1.807) is 0 Å². The van der Waals surface area contributed by atoms with E-state index in [9.17, 15) is 30.7 Å². The van der Waals surface area contributed by atoms with Crippen LogP contribution in [0, 0.1) is 5.41 Å². The van der Waals surface area contributed by atoms with Crippen LogP contribution in [0.25, 0.3) is 0 Å². The molecule has 0 aliphatic carbocycles. The molecular weight excluding hydrogens is 273 g/mol. The van der Waals surface area contributed by atoms with E-state index in [-0.39, 0.29) is 13.2 Å². The molecule has 0 atom stereocenters. The lowest BCUT2D eigenvalue weighted by Crippen LogP contribution is -2.58. The van der Waals surface area contributed by atoms with Gasteiger partial charge < -0.3 is 9.47 Å². The quantitative estimate of drug-likeness (QED) is 0.698. The maximum absolute atomic E-state index is 12.9. The van der Waals surface area contributed by atoms with Gasteiger partial charge in [0.1, 0.15) is 0 Å². The number of ether oxygens (including phenoxy) is 2. The SMILES string of the molecule is CC1(COC(F)(F)C(F)(F)C(F)(F)CF)COC1. The van der Waals surface area contributed by atoms with Crippen molar-refractivity contribution in [1.29, 1.82) is 0 Å². The molecule has 0 unspecified atom stereocenters. The Bertz CT molecular complexity index is 301. The highest BCUT2D eigenvalue weighted by atomic mass is 19.4. The van der Waals surface area contributed by atoms with E-state index in [0.29, 0.717) is 0 Å². The summed E-state index contributed by atoms with van der Waals surface area (Å²) in [5.74, 6) is -11.4. The van der Waals surface area contributed by atoms with Gasteiger partial charge in [-0.05, 0) is 0 Å². The summed E-state index contributed by atoms with van der Waals surface area (Å²) in [5.41, 5.74) is -0.926. The maximum atomic E-state index is 12.9. The van der Waals surface area contributed by atoms with Crippen molar-refractivity contribution in [3.8, 4) is 0 Å². The summed E-state index contributed by atoms with van der Waals surface area (Å²) in [6.07, 6.45) is -5.46. The van der Waals surface area contributed by atoms with Crippen LogP contribution >= 0.6 is 0 Å². The van der Waals surface area contributed by atoms with Crippen LogP contribution in [0.4, 0.5) is 30.7 Å². The van der Waals surface area contributed by atoms with Crippen LogP contribution in [0.1, 0.15) is 6.92 Å². The largest absolute Gasteiger partial charge is 0.425 e. The van der Waals surface area contributed by atoms with Crippen molar-refractivity contribution in [3.63, 3.8) is 0 Å². The van der Waals surface area contributed by atoms with E-state index in [0.717, 1.165) is 0 Å². The lowest BCUT2D eigenvalue weighted by molar-refractivity contribution is -0.406. The van der Waals surface area contributed by atoms with Gasteiger partial charge in [0.05, 0.1) is 19.8 Å². The molecule has 0 bridgehead atoms. The summed E-state index contributed by atoms with van der Waals surface area (Å²) in [6, 6.07) is 0. The smallest absolute Gasteiger partial charge is 0.380 e. The van der Waals surface area contributed by atoms with Gasteiger partial charge in [0, 0.05) is 5.41 Å². The predicted molar refractivity (Wildman–Crippen MR) is 45.7 cm³/mol. The first-order valence-electron chi connectivity index (χ1n) is 4.89. The zero-order chi connectivity index (χ0) is 14.2. The van der Waals surface area contributed by atoms with Gasteiger partial charge in [0.2, 0.25) is 0 Å². The zero-order valence-corrected chi connectivity index (χ0v) is 9.29. The number of hydrogen-bond donors (Lipinski definition) is 0. The van der Waals surface area contributed by atoms with Crippen LogP contribution in [0.2, 0.25) is 0 Å². The Kier molecular flexibility index (Phi) is 3.89. The van der Waals surface area contributed by atoms with E-state index >= 15 is 0 Å². The first kappa shape index (κ1) is 15.5. The molecular formula is C9H11F7O2. The Hall–Kier alpha value is -0.570. The molecule has 0 amide bonds. The Morgan fingerprint density at radius 3 is 1.94 bits per heavy atom. The molecule has 1 fully saturated rings. The molecule has 9 heteroatoms. The molecule has 1 saturated heterocycles. The highest BCUT2D eigenvalue weighted by molar-refractivity contribution is 4.92. The van der Waals surface area contributed by atoms with Crippen LogP contribution in [0.5, 0.6) is 0 Å². The Morgan fingerprint density at radius 1 is 1.11 bits per heavy atom. The molecule has 18 heavy (non-hydrogen) atoms. The highest BCUT2D eigenvalue weighted by Gasteiger charge is 2.73. The van der Waals surface area contributed by atoms with Crippen molar-refractivity contribution in [1.82, 2.24) is 0 Å². The maximum Gasteiger partial charge on any atom is 0.425 e. The Labute approximate surface area is 98.0 Å². The third-order valence-corrected chi connectivity index (χ3v) is 2.50. The van der Waals surface area contributed by atoms with E-state index in [2.05, 4.69) is 9.47 Å². The van der Waals surface area contributed by atoms with Crippen molar-refractivity contribution in [3.05, 3.63) is 0 Å². The van der Waals surface area contributed by atoms with E-state index in [1.165, 1.54) is 6.92 Å². The second-order valence-electron chi connectivity index (χ2n) is 4.52. The Morgan fingerprint density at radius 2 is 1.61 bits per heavy atom. The minimum absolute atomic E-state index is 0.00580. The molecule has 1 aliphatic heterocycles. The molecule has 2 nitrogen and oxygen atoms in total. The van der Waals surface area contributed by atoms with Gasteiger partial charge in [-0.15, -0.1) is 0 Å². The molecule has 0 N–H and O–H groups in total. The number of hydrogen-bond acceptors (Lipinski definition) is 2. The van der Waals surface area contributed by atoms with Gasteiger partial charge in [-0.2, -0.15) is 26.3 Å². The molecule has 1 aliphatic rings. The summed E-state index contributed by atoms with van der Waals surface area (Å²) in [4.78, 5) is 0. The van der Waals surface area contributed by atoms with Crippen LogP contribution < -0.4 is 0 Å². The van der Waals surface area contributed by atoms with Crippen LogP contribution in [-0.2, 0) is 9.47 Å². The van der Waals surface area contributed by atoms with Gasteiger partial charge in [0.15, 0.2) is 6.67 Å². The second-order valence-corrected chi connectivity index (χ2v) is 4.52. The minimum atomic E-state index is -5.92. The summed E-state index contributed by atoms with van der Waals surface area (Å²) in [5, 5.41) is 0. The molecule has 0 radical (unpaired) electrons. The lowest BCUT2D eigenvalue weighted by atomic mass is 9.90. The molecule has 0 aromatic carbocycles. The van der Waals surface area contributed by atoms with Gasteiger partial charge >= 0.3 is 18.0 Å². The lowest BCUT2D eigenvalue weighted by Gasteiger charge is -2.39. The molecule has 0 spiro atoms. The first-order chi connectivity index (χ1) is 7.97. The summed E-state index contributed by atoms with van der Waals surface area (Å²) >= 11 is 0. The first-order valence-corrected chi connectivity index (χ1v) is 4.89. The third kappa shape index (κ3) is 2.56. The second kappa shape index (κ2) is 4.52. The number of halogens is 7. The van der Waals surface area contributed by atoms with Crippen LogP contribution in [0.3, 0.4) is 0 Å². The van der Waals surface area contributed by atoms with Crippen molar-refractivity contribution >= 4 is 0 Å². The van der Waals surface area contributed by atoms with Gasteiger partial charge in [-0.1, -0.05) is 6.92 Å². The van der Waals surface area contributed by atoms with Crippen molar-refractivity contribution in [2.75, 3.05) is 26.5 Å². The van der Waals surface area contributed by atoms with Crippen LogP contribution in [-0.4, -0.2) is 44.4 Å². The third-order valence-electron chi connectivity index (χ3n) is 2.50. The van der Waals surface area contributed by atoms with Gasteiger partial charge in [-0.3, -0.25) is 0 Å². The average Bonchev–Trinajstić information content (AvgIpc) is 2.23. The molecule has 0 aromatic heterocycles. The van der Waals surface area contributed by atoms with Crippen molar-refractivity contribution < 1.29 is 40.2 Å². The topological polar surface area (TPSA) is 18.5 Å². The fourth-order valence-electron chi connectivity index (χ4n) is 1.19. The summed E-state index contributed by atoms with van der Waals surface area (Å²) in [7, 11) is 0. The molecule has 1 rings (SSSR count). The summed E-state index contributed by atoms with van der Waals surface area (Å²) < 4.78 is 96.2. The van der Waals surface area contributed by atoms with Gasteiger partial charge in [0.25, 0.3) is 0 Å². The number of rotatable bonds is 6. The predicted octanol–water partition coefficient (Wildman–Crippen LogP) is 2.87. The molecule has 1 heterocycles. The monoisotopic (exact) mass is 284 g/mol. The minimum Gasteiger partial charge on any atom is -0.380 e. The van der Waals surface area contributed by atoms with Crippen molar-refractivity contribution in [2.24, 2.45) is 5.41 Å². The fourth-order valence-corrected chi connectivity index (χ4v) is 1.19. The standard InChI is InChI=1S/C9H11F7O2/c1-6(3-17-4-6)5-18-9(15,16)8(13,14)7(11,12)2-10/h2-5H2,1H3. The Balaban J connectivity index is 2.72. The number of alkyl halides is 7. The van der Waals surface area contributed by atoms with Crippen molar-refractivity contribution in [2.45, 2.75) is 24.9 Å². The molecule has 0 aromatic rings. The van der Waals surface area contributed by atoms with Gasteiger partial charge in [-0.25, -0.2) is 4.39 Å². The normalized spacial score (nSPS) is 20.7. The van der Waals surface area contributed by atoms with E-state index < -0.39 is 36.7 Å². The van der Waals surface area contributed by atoms with E-state index in [1.807, 2.05) is 0 Å². The highest BCUT2D eigenvalue weighted by Crippen LogP contribution is 2.47. The molecule has 0 saturated carbocycles. The fraction of sp³-hybridized carbons (Fsp3) is 1.00. The van der Waals surface area contributed by atoms with Crippen LogP contribution in [0.15, 0.2) is 0 Å². The van der Waals surface area contributed by atoms with E-state index in [4.69, 9.17) is 0 Å².